The van der Waals surface area contributed by atoms with E-state index < -0.39 is 5.97 Å². The minimum atomic E-state index is -0.508. The van der Waals surface area contributed by atoms with Crippen LogP contribution in [0, 0.1) is 13.8 Å². The lowest BCUT2D eigenvalue weighted by atomic mass is 10.1. The van der Waals surface area contributed by atoms with Crippen LogP contribution in [-0.4, -0.2) is 33.1 Å². The fourth-order valence-electron chi connectivity index (χ4n) is 2.86. The van der Waals surface area contributed by atoms with Crippen molar-refractivity contribution in [2.75, 3.05) is 6.61 Å². The number of Topliss-reactive ketones (excluding diaryl/α,β-unsaturated/α-hetero) is 1. The molecule has 0 saturated heterocycles. The van der Waals surface area contributed by atoms with Crippen LogP contribution in [0.4, 0.5) is 0 Å². The van der Waals surface area contributed by atoms with Crippen LogP contribution in [0.2, 0.25) is 0 Å². The summed E-state index contributed by atoms with van der Waals surface area (Å²) in [5.41, 5.74) is 2.33. The van der Waals surface area contributed by atoms with Crippen molar-refractivity contribution in [2.45, 2.75) is 33.2 Å². The van der Waals surface area contributed by atoms with Crippen LogP contribution in [0.3, 0.4) is 0 Å². The average molecular weight is 383 g/mol. The second kappa shape index (κ2) is 8.51. The minimum absolute atomic E-state index is 0.0303. The van der Waals surface area contributed by atoms with Gasteiger partial charge in [-0.3, -0.25) is 9.59 Å². The number of esters is 1. The van der Waals surface area contributed by atoms with Crippen molar-refractivity contribution in [3.8, 4) is 11.6 Å². The molecule has 0 fully saturated rings. The molecule has 0 bridgehead atoms. The lowest BCUT2D eigenvalue weighted by molar-refractivity contribution is -0.142. The second-order valence-electron chi connectivity index (χ2n) is 6.26. The molecule has 0 N–H and O–H groups in total. The Morgan fingerprint density at radius 3 is 2.89 bits per heavy atom. The zero-order valence-corrected chi connectivity index (χ0v) is 15.8. The molecular formula is C20H21N3O5. The molecule has 3 heterocycles. The predicted octanol–water partition coefficient (Wildman–Crippen LogP) is 3.29. The summed E-state index contributed by atoms with van der Waals surface area (Å²) in [5, 5.41) is 3.79. The third-order valence-corrected chi connectivity index (χ3v) is 4.30. The van der Waals surface area contributed by atoms with Crippen molar-refractivity contribution in [1.29, 1.82) is 0 Å². The highest BCUT2D eigenvalue weighted by atomic mass is 16.5. The topological polar surface area (TPSA) is 100 Å². The molecule has 0 aromatic carbocycles. The molecule has 3 rings (SSSR count). The SMILES string of the molecule is C=CCn1c(C)cc(C(=O)COC(=O)CCc2nc(-c3ccco3)no2)c1C. The van der Waals surface area contributed by atoms with Crippen LogP contribution in [0.5, 0.6) is 0 Å². The van der Waals surface area contributed by atoms with Crippen LogP contribution < -0.4 is 0 Å². The molecule has 8 nitrogen and oxygen atoms in total. The Morgan fingerprint density at radius 1 is 1.36 bits per heavy atom. The van der Waals surface area contributed by atoms with Crippen molar-refractivity contribution in [2.24, 2.45) is 0 Å². The van der Waals surface area contributed by atoms with Crippen molar-refractivity contribution in [3.05, 3.63) is 60.0 Å². The second-order valence-corrected chi connectivity index (χ2v) is 6.26. The third kappa shape index (κ3) is 4.28. The maximum atomic E-state index is 12.4. The van der Waals surface area contributed by atoms with E-state index in [1.807, 2.05) is 18.4 Å². The number of hydrogen-bond donors (Lipinski definition) is 0. The van der Waals surface area contributed by atoms with Gasteiger partial charge in [0.05, 0.1) is 12.7 Å². The minimum Gasteiger partial charge on any atom is -0.461 e. The standard InChI is InChI=1S/C20H21N3O5/c1-4-9-23-13(2)11-15(14(23)3)16(24)12-27-19(25)8-7-18-21-20(22-28-18)17-6-5-10-26-17/h4-6,10-11H,1,7-9,12H2,2-3H3. The summed E-state index contributed by atoms with van der Waals surface area (Å²) in [4.78, 5) is 28.5. The number of carbonyl (C=O) groups excluding carboxylic acids is 2. The van der Waals surface area contributed by atoms with Crippen LogP contribution in [0.25, 0.3) is 11.6 Å². The molecule has 3 aromatic heterocycles. The first-order valence-electron chi connectivity index (χ1n) is 8.82. The summed E-state index contributed by atoms with van der Waals surface area (Å²) in [6.07, 6.45) is 3.52. The van der Waals surface area contributed by atoms with Gasteiger partial charge in [0.15, 0.2) is 12.4 Å². The predicted molar refractivity (Wildman–Crippen MR) is 99.7 cm³/mol. The highest BCUT2D eigenvalue weighted by Gasteiger charge is 2.18. The van der Waals surface area contributed by atoms with Gasteiger partial charge in [-0.25, -0.2) is 0 Å². The Kier molecular flexibility index (Phi) is 5.88. The first-order valence-corrected chi connectivity index (χ1v) is 8.82. The number of hydrogen-bond acceptors (Lipinski definition) is 7. The monoisotopic (exact) mass is 383 g/mol. The van der Waals surface area contributed by atoms with Gasteiger partial charge < -0.3 is 18.2 Å². The van der Waals surface area contributed by atoms with Gasteiger partial charge in [0.1, 0.15) is 0 Å². The average Bonchev–Trinajstić information content (AvgIpc) is 3.41. The van der Waals surface area contributed by atoms with E-state index in [0.29, 0.717) is 29.6 Å². The van der Waals surface area contributed by atoms with Gasteiger partial charge in [0, 0.05) is 29.9 Å². The molecule has 0 saturated carbocycles. The summed E-state index contributed by atoms with van der Waals surface area (Å²) >= 11 is 0. The van der Waals surface area contributed by atoms with Gasteiger partial charge in [-0.05, 0) is 32.0 Å². The van der Waals surface area contributed by atoms with Gasteiger partial charge in [0.2, 0.25) is 17.5 Å². The first-order chi connectivity index (χ1) is 13.5. The third-order valence-electron chi connectivity index (χ3n) is 4.30. The lowest BCUT2D eigenvalue weighted by Gasteiger charge is -2.06. The van der Waals surface area contributed by atoms with Crippen LogP contribution >= 0.6 is 0 Å². The van der Waals surface area contributed by atoms with E-state index >= 15 is 0 Å². The molecule has 146 valence electrons. The molecule has 0 aliphatic carbocycles. The Bertz CT molecular complexity index is 982. The van der Waals surface area contributed by atoms with Gasteiger partial charge in [-0.15, -0.1) is 6.58 Å². The highest BCUT2D eigenvalue weighted by Crippen LogP contribution is 2.17. The van der Waals surface area contributed by atoms with E-state index in [1.54, 1.807) is 24.3 Å². The first kappa shape index (κ1) is 19.3. The maximum absolute atomic E-state index is 12.4. The van der Waals surface area contributed by atoms with Crippen molar-refractivity contribution in [1.82, 2.24) is 14.7 Å². The van der Waals surface area contributed by atoms with Gasteiger partial charge in [-0.2, -0.15) is 4.98 Å². The summed E-state index contributed by atoms with van der Waals surface area (Å²) in [6.45, 7) is 7.80. The molecule has 0 atom stereocenters. The van der Waals surface area contributed by atoms with Crippen molar-refractivity contribution >= 4 is 11.8 Å². The maximum Gasteiger partial charge on any atom is 0.306 e. The fraction of sp³-hybridized carbons (Fsp3) is 0.300. The number of ketones is 1. The molecule has 0 spiro atoms. The molecule has 0 aliphatic heterocycles. The van der Waals surface area contributed by atoms with E-state index in [4.69, 9.17) is 13.7 Å². The Morgan fingerprint density at radius 2 is 2.18 bits per heavy atom. The quantitative estimate of drug-likeness (QED) is 0.317. The number of nitrogens with zero attached hydrogens (tertiary/aromatic N) is 3. The number of carbonyl (C=O) groups is 2. The summed E-state index contributed by atoms with van der Waals surface area (Å²) < 4.78 is 17.3. The van der Waals surface area contributed by atoms with Crippen LogP contribution in [0.1, 0.15) is 34.1 Å². The van der Waals surface area contributed by atoms with Crippen LogP contribution in [0.15, 0.2) is 46.1 Å². The van der Waals surface area contributed by atoms with Crippen LogP contribution in [-0.2, 0) is 22.5 Å². The number of rotatable bonds is 9. The Labute approximate surface area is 161 Å². The molecule has 0 amide bonds. The summed E-state index contributed by atoms with van der Waals surface area (Å²) in [5.74, 6) is 0.346. The molecular weight excluding hydrogens is 362 g/mol. The summed E-state index contributed by atoms with van der Waals surface area (Å²) in [6, 6.07) is 5.22. The van der Waals surface area contributed by atoms with Gasteiger partial charge >= 0.3 is 5.97 Å². The molecule has 28 heavy (non-hydrogen) atoms. The number of allylic oxidation sites excluding steroid dienone is 1. The van der Waals surface area contributed by atoms with E-state index in [-0.39, 0.29) is 25.2 Å². The normalized spacial score (nSPS) is 10.8. The fourth-order valence-corrected chi connectivity index (χ4v) is 2.86. The smallest absolute Gasteiger partial charge is 0.306 e. The number of aromatic nitrogens is 3. The van der Waals surface area contributed by atoms with E-state index in [0.717, 1.165) is 11.4 Å². The lowest BCUT2D eigenvalue weighted by Crippen LogP contribution is -2.15. The molecule has 0 unspecified atom stereocenters. The molecule has 3 aromatic rings. The number of ether oxygens (including phenoxy) is 1. The number of aryl methyl sites for hydroxylation is 2. The Balaban J connectivity index is 1.50. The van der Waals surface area contributed by atoms with E-state index in [9.17, 15) is 9.59 Å². The van der Waals surface area contributed by atoms with E-state index in [2.05, 4.69) is 16.7 Å². The zero-order chi connectivity index (χ0) is 20.1. The molecule has 8 heteroatoms. The highest BCUT2D eigenvalue weighted by molar-refractivity contribution is 5.99. The van der Waals surface area contributed by atoms with Crippen molar-refractivity contribution in [3.63, 3.8) is 0 Å². The molecule has 0 radical (unpaired) electrons. The van der Waals surface area contributed by atoms with Gasteiger partial charge in [-0.1, -0.05) is 11.2 Å². The van der Waals surface area contributed by atoms with Gasteiger partial charge in [0.25, 0.3) is 0 Å². The molecule has 0 aliphatic rings. The largest absolute Gasteiger partial charge is 0.461 e. The van der Waals surface area contributed by atoms with E-state index in [1.165, 1.54) is 6.26 Å². The van der Waals surface area contributed by atoms with Crippen molar-refractivity contribution < 1.29 is 23.3 Å². The Hall–Kier alpha value is -3.42. The number of furan rings is 1. The summed E-state index contributed by atoms with van der Waals surface area (Å²) in [7, 11) is 0. The zero-order valence-electron chi connectivity index (χ0n) is 15.8.